The Morgan fingerprint density at radius 1 is 1.24 bits per heavy atom. The number of likely N-dealkylation sites (N-methyl/N-ethyl adjacent to an activating group) is 1. The smallest absolute Gasteiger partial charge is 0.227 e. The highest BCUT2D eigenvalue weighted by atomic mass is 79.9. The first-order valence-electron chi connectivity index (χ1n) is 5.87. The lowest BCUT2D eigenvalue weighted by Crippen LogP contribution is -2.45. The number of halogens is 1. The second-order valence-corrected chi connectivity index (χ2v) is 5.11. The maximum atomic E-state index is 5.90. The van der Waals surface area contributed by atoms with E-state index in [1.807, 2.05) is 0 Å². The molecule has 1 aromatic rings. The van der Waals surface area contributed by atoms with Gasteiger partial charge in [0.25, 0.3) is 0 Å². The number of rotatable bonds is 2. The predicted octanol–water partition coefficient (Wildman–Crippen LogP) is 1.14. The van der Waals surface area contributed by atoms with Crippen LogP contribution in [0.25, 0.3) is 0 Å². The van der Waals surface area contributed by atoms with Gasteiger partial charge in [-0.2, -0.15) is 4.98 Å². The van der Waals surface area contributed by atoms with Gasteiger partial charge in [0, 0.05) is 26.2 Å². The van der Waals surface area contributed by atoms with E-state index in [-0.39, 0.29) is 0 Å². The Balaban J connectivity index is 2.24. The zero-order chi connectivity index (χ0) is 12.4. The second kappa shape index (κ2) is 5.18. The molecule has 1 aliphatic rings. The fourth-order valence-corrected chi connectivity index (χ4v) is 2.34. The first-order chi connectivity index (χ1) is 8.11. The SMILES string of the molecule is CCc1nc(N2CCN(C)CC2)nc(N)c1Br. The number of nitrogen functional groups attached to an aromatic ring is 1. The molecule has 1 fully saturated rings. The van der Waals surface area contributed by atoms with E-state index < -0.39 is 0 Å². The van der Waals surface area contributed by atoms with Crippen molar-refractivity contribution in [2.75, 3.05) is 43.9 Å². The molecule has 0 aromatic carbocycles. The lowest BCUT2D eigenvalue weighted by atomic mass is 10.3. The number of piperazine rings is 1. The average Bonchev–Trinajstić information content (AvgIpc) is 2.33. The molecule has 1 saturated heterocycles. The van der Waals surface area contributed by atoms with Crippen molar-refractivity contribution in [3.63, 3.8) is 0 Å². The molecule has 0 unspecified atom stereocenters. The van der Waals surface area contributed by atoms with E-state index in [1.165, 1.54) is 0 Å². The lowest BCUT2D eigenvalue weighted by Gasteiger charge is -2.32. The molecule has 17 heavy (non-hydrogen) atoms. The molecule has 0 aliphatic carbocycles. The van der Waals surface area contributed by atoms with Gasteiger partial charge >= 0.3 is 0 Å². The van der Waals surface area contributed by atoms with Crippen LogP contribution in [-0.4, -0.2) is 48.1 Å². The van der Waals surface area contributed by atoms with Crippen LogP contribution in [0.5, 0.6) is 0 Å². The molecule has 0 amide bonds. The highest BCUT2D eigenvalue weighted by molar-refractivity contribution is 9.10. The summed E-state index contributed by atoms with van der Waals surface area (Å²) in [7, 11) is 2.13. The maximum absolute atomic E-state index is 5.90. The molecule has 2 rings (SSSR count). The Labute approximate surface area is 110 Å². The van der Waals surface area contributed by atoms with Crippen LogP contribution >= 0.6 is 15.9 Å². The van der Waals surface area contributed by atoms with Gasteiger partial charge in [-0.15, -0.1) is 0 Å². The number of nitrogens with zero attached hydrogens (tertiary/aromatic N) is 4. The molecule has 6 heteroatoms. The van der Waals surface area contributed by atoms with Gasteiger partial charge < -0.3 is 15.5 Å². The van der Waals surface area contributed by atoms with E-state index in [9.17, 15) is 0 Å². The van der Waals surface area contributed by atoms with Crippen LogP contribution in [0.2, 0.25) is 0 Å². The third-order valence-electron chi connectivity index (χ3n) is 3.05. The minimum atomic E-state index is 0.533. The van der Waals surface area contributed by atoms with E-state index in [4.69, 9.17) is 5.73 Å². The van der Waals surface area contributed by atoms with Crippen molar-refractivity contribution < 1.29 is 0 Å². The van der Waals surface area contributed by atoms with Gasteiger partial charge in [-0.25, -0.2) is 4.98 Å². The second-order valence-electron chi connectivity index (χ2n) is 4.31. The van der Waals surface area contributed by atoms with Crippen LogP contribution in [0, 0.1) is 0 Å². The normalized spacial score (nSPS) is 17.5. The summed E-state index contributed by atoms with van der Waals surface area (Å²) in [6.45, 7) is 6.07. The number of nitrogens with two attached hydrogens (primary N) is 1. The molecule has 0 radical (unpaired) electrons. The summed E-state index contributed by atoms with van der Waals surface area (Å²) in [6.07, 6.45) is 0.855. The predicted molar refractivity (Wildman–Crippen MR) is 73.2 cm³/mol. The molecular formula is C11H18BrN5. The molecule has 1 aromatic heterocycles. The van der Waals surface area contributed by atoms with Crippen LogP contribution in [0.15, 0.2) is 4.47 Å². The van der Waals surface area contributed by atoms with E-state index in [1.54, 1.807) is 0 Å². The Morgan fingerprint density at radius 3 is 2.47 bits per heavy atom. The Morgan fingerprint density at radius 2 is 1.88 bits per heavy atom. The van der Waals surface area contributed by atoms with Crippen molar-refractivity contribution in [1.29, 1.82) is 0 Å². The van der Waals surface area contributed by atoms with Crippen molar-refractivity contribution in [3.8, 4) is 0 Å². The maximum Gasteiger partial charge on any atom is 0.227 e. The quantitative estimate of drug-likeness (QED) is 0.887. The van der Waals surface area contributed by atoms with Crippen molar-refractivity contribution in [2.24, 2.45) is 0 Å². The zero-order valence-electron chi connectivity index (χ0n) is 10.3. The first kappa shape index (κ1) is 12.6. The summed E-state index contributed by atoms with van der Waals surface area (Å²) in [5, 5.41) is 0. The summed E-state index contributed by atoms with van der Waals surface area (Å²) in [5.41, 5.74) is 6.87. The van der Waals surface area contributed by atoms with Crippen LogP contribution < -0.4 is 10.6 Å². The van der Waals surface area contributed by atoms with Gasteiger partial charge in [-0.3, -0.25) is 0 Å². The van der Waals surface area contributed by atoms with E-state index in [0.29, 0.717) is 5.82 Å². The van der Waals surface area contributed by atoms with Crippen LogP contribution in [0.1, 0.15) is 12.6 Å². The summed E-state index contributed by atoms with van der Waals surface area (Å²) in [6, 6.07) is 0. The molecule has 1 aliphatic heterocycles. The average molecular weight is 300 g/mol. The van der Waals surface area contributed by atoms with Crippen molar-refractivity contribution in [3.05, 3.63) is 10.2 Å². The van der Waals surface area contributed by atoms with Crippen LogP contribution in [0.4, 0.5) is 11.8 Å². The number of hydrogen-bond donors (Lipinski definition) is 1. The number of aromatic nitrogens is 2. The van der Waals surface area contributed by atoms with E-state index >= 15 is 0 Å². The van der Waals surface area contributed by atoms with Crippen molar-refractivity contribution in [1.82, 2.24) is 14.9 Å². The summed E-state index contributed by atoms with van der Waals surface area (Å²) in [5.74, 6) is 1.29. The van der Waals surface area contributed by atoms with Gasteiger partial charge in [0.15, 0.2) is 0 Å². The number of hydrogen-bond acceptors (Lipinski definition) is 5. The molecule has 2 N–H and O–H groups in total. The molecule has 2 heterocycles. The molecular weight excluding hydrogens is 282 g/mol. The summed E-state index contributed by atoms with van der Waals surface area (Å²) in [4.78, 5) is 13.4. The topological polar surface area (TPSA) is 58.3 Å². The molecule has 5 nitrogen and oxygen atoms in total. The van der Waals surface area contributed by atoms with Gasteiger partial charge in [0.1, 0.15) is 5.82 Å². The Kier molecular flexibility index (Phi) is 3.83. The zero-order valence-corrected chi connectivity index (χ0v) is 11.9. The molecule has 0 bridgehead atoms. The fourth-order valence-electron chi connectivity index (χ4n) is 1.88. The van der Waals surface area contributed by atoms with E-state index in [0.717, 1.165) is 48.7 Å². The standard InChI is InChI=1S/C11H18BrN5/c1-3-8-9(12)10(13)15-11(14-8)17-6-4-16(2)5-7-17/h3-7H2,1-2H3,(H2,13,14,15). The third kappa shape index (κ3) is 2.69. The van der Waals surface area contributed by atoms with Crippen LogP contribution in [0.3, 0.4) is 0 Å². The van der Waals surface area contributed by atoms with Gasteiger partial charge in [0.2, 0.25) is 5.95 Å². The molecule has 0 saturated carbocycles. The fraction of sp³-hybridized carbons (Fsp3) is 0.636. The van der Waals surface area contributed by atoms with Gasteiger partial charge in [0.05, 0.1) is 10.2 Å². The van der Waals surface area contributed by atoms with Crippen molar-refractivity contribution in [2.45, 2.75) is 13.3 Å². The van der Waals surface area contributed by atoms with Gasteiger partial charge in [-0.05, 0) is 29.4 Å². The minimum absolute atomic E-state index is 0.533. The lowest BCUT2D eigenvalue weighted by molar-refractivity contribution is 0.311. The highest BCUT2D eigenvalue weighted by Crippen LogP contribution is 2.24. The Bertz CT molecular complexity index is 401. The van der Waals surface area contributed by atoms with Gasteiger partial charge in [-0.1, -0.05) is 6.92 Å². The minimum Gasteiger partial charge on any atom is -0.383 e. The largest absolute Gasteiger partial charge is 0.383 e. The Hall–Kier alpha value is -0.880. The van der Waals surface area contributed by atoms with Crippen LogP contribution in [-0.2, 0) is 6.42 Å². The first-order valence-corrected chi connectivity index (χ1v) is 6.66. The molecule has 0 spiro atoms. The van der Waals surface area contributed by atoms with Crippen molar-refractivity contribution >= 4 is 27.7 Å². The third-order valence-corrected chi connectivity index (χ3v) is 3.92. The monoisotopic (exact) mass is 299 g/mol. The number of anilines is 2. The van der Waals surface area contributed by atoms with E-state index in [2.05, 4.69) is 49.7 Å². The molecule has 0 atom stereocenters. The summed E-state index contributed by atoms with van der Waals surface area (Å²) >= 11 is 3.43. The number of aryl methyl sites for hydroxylation is 1. The highest BCUT2D eigenvalue weighted by Gasteiger charge is 2.18. The summed E-state index contributed by atoms with van der Waals surface area (Å²) < 4.78 is 0.831. The molecule has 94 valence electrons.